The number of nitrogens with zero attached hydrogens (tertiary/aromatic N) is 1. The molecular formula is C16H18ClNOS. The Morgan fingerprint density at radius 2 is 2.15 bits per heavy atom. The quantitative estimate of drug-likeness (QED) is 0.856. The van der Waals surface area contributed by atoms with E-state index >= 15 is 0 Å². The fourth-order valence-electron chi connectivity index (χ4n) is 2.73. The van der Waals surface area contributed by atoms with Gasteiger partial charge in [0.2, 0.25) is 0 Å². The highest BCUT2D eigenvalue weighted by Gasteiger charge is 2.18. The average molecular weight is 308 g/mol. The molecule has 0 spiro atoms. The summed E-state index contributed by atoms with van der Waals surface area (Å²) in [4.78, 5) is 6.52. The van der Waals surface area contributed by atoms with Crippen LogP contribution < -0.4 is 0 Å². The van der Waals surface area contributed by atoms with Crippen LogP contribution in [0.4, 0.5) is 0 Å². The van der Waals surface area contributed by atoms with Gasteiger partial charge in [-0.15, -0.1) is 11.3 Å². The Kier molecular flexibility index (Phi) is 4.39. The number of aryl methyl sites for hydroxylation is 2. The lowest BCUT2D eigenvalue weighted by Gasteiger charge is -2.09. The molecule has 0 saturated heterocycles. The van der Waals surface area contributed by atoms with Crippen LogP contribution >= 0.6 is 22.9 Å². The zero-order valence-electron chi connectivity index (χ0n) is 11.3. The van der Waals surface area contributed by atoms with Crippen molar-refractivity contribution in [2.24, 2.45) is 0 Å². The first-order chi connectivity index (χ1) is 9.74. The summed E-state index contributed by atoms with van der Waals surface area (Å²) in [5, 5.41) is 11.1. The molecule has 0 saturated carbocycles. The highest BCUT2D eigenvalue weighted by Crippen LogP contribution is 2.34. The van der Waals surface area contributed by atoms with E-state index in [0.29, 0.717) is 11.4 Å². The van der Waals surface area contributed by atoms with Crippen molar-refractivity contribution in [3.05, 3.63) is 50.4 Å². The van der Waals surface area contributed by atoms with Crippen LogP contribution in [0.5, 0.6) is 0 Å². The van der Waals surface area contributed by atoms with Gasteiger partial charge in [-0.1, -0.05) is 18.0 Å². The molecule has 20 heavy (non-hydrogen) atoms. The molecule has 0 aromatic carbocycles. The van der Waals surface area contributed by atoms with Crippen molar-refractivity contribution in [1.82, 2.24) is 4.98 Å². The minimum atomic E-state index is -0.466. The summed E-state index contributed by atoms with van der Waals surface area (Å²) in [6, 6.07) is 4.08. The van der Waals surface area contributed by atoms with Crippen LogP contribution in [0.15, 0.2) is 24.5 Å². The number of fused-ring (bicyclic) bond motifs is 1. The van der Waals surface area contributed by atoms with Gasteiger partial charge in [-0.25, -0.2) is 0 Å². The van der Waals surface area contributed by atoms with Crippen molar-refractivity contribution >= 4 is 22.9 Å². The molecule has 1 aliphatic rings. The lowest BCUT2D eigenvalue weighted by atomic mass is 10.1. The third-order valence-corrected chi connectivity index (χ3v) is 5.54. The molecule has 0 amide bonds. The van der Waals surface area contributed by atoms with E-state index in [-0.39, 0.29) is 0 Å². The molecule has 0 aliphatic heterocycles. The number of hydrogen-bond acceptors (Lipinski definition) is 3. The standard InChI is InChI=1S/C16H18ClNOS/c17-13-10-18-7-6-11(13)8-14(19)16-9-12-4-2-1-3-5-15(12)20-16/h6-7,9-10,14,19H,1-5,8H2. The van der Waals surface area contributed by atoms with E-state index in [9.17, 15) is 5.11 Å². The molecule has 2 aromatic rings. The predicted octanol–water partition coefficient (Wildman–Crippen LogP) is 4.34. The molecule has 1 aliphatic carbocycles. The molecule has 106 valence electrons. The average Bonchev–Trinajstić information content (AvgIpc) is 2.73. The summed E-state index contributed by atoms with van der Waals surface area (Å²) in [6.45, 7) is 0. The Morgan fingerprint density at radius 1 is 1.30 bits per heavy atom. The SMILES string of the molecule is OC(Cc1ccncc1Cl)c1cc2c(s1)CCCCC2. The van der Waals surface area contributed by atoms with Gasteiger partial charge in [0.05, 0.1) is 11.1 Å². The largest absolute Gasteiger partial charge is 0.387 e. The molecule has 1 N–H and O–H groups in total. The smallest absolute Gasteiger partial charge is 0.0922 e. The predicted molar refractivity (Wildman–Crippen MR) is 83.5 cm³/mol. The van der Waals surface area contributed by atoms with Crippen molar-refractivity contribution in [2.75, 3.05) is 0 Å². The van der Waals surface area contributed by atoms with Gasteiger partial charge >= 0.3 is 0 Å². The van der Waals surface area contributed by atoms with Crippen molar-refractivity contribution in [3.63, 3.8) is 0 Å². The van der Waals surface area contributed by atoms with Gasteiger partial charge in [0.1, 0.15) is 0 Å². The van der Waals surface area contributed by atoms with E-state index in [1.807, 2.05) is 6.07 Å². The maximum Gasteiger partial charge on any atom is 0.0922 e. The molecule has 4 heteroatoms. The van der Waals surface area contributed by atoms with Gasteiger partial charge in [0.25, 0.3) is 0 Å². The van der Waals surface area contributed by atoms with Crippen LogP contribution in [0, 0.1) is 0 Å². The fraction of sp³-hybridized carbons (Fsp3) is 0.438. The minimum absolute atomic E-state index is 0.466. The number of aliphatic hydroxyl groups excluding tert-OH is 1. The van der Waals surface area contributed by atoms with E-state index in [1.54, 1.807) is 23.7 Å². The molecule has 3 rings (SSSR count). The van der Waals surface area contributed by atoms with Crippen LogP contribution in [-0.4, -0.2) is 10.1 Å². The van der Waals surface area contributed by atoms with Crippen molar-refractivity contribution < 1.29 is 5.11 Å². The monoisotopic (exact) mass is 307 g/mol. The Hall–Kier alpha value is -0.900. The number of halogens is 1. The van der Waals surface area contributed by atoms with Crippen molar-refractivity contribution in [2.45, 2.75) is 44.6 Å². The van der Waals surface area contributed by atoms with Gasteiger partial charge < -0.3 is 5.11 Å². The van der Waals surface area contributed by atoms with Crippen molar-refractivity contribution in [3.8, 4) is 0 Å². The lowest BCUT2D eigenvalue weighted by molar-refractivity contribution is 0.182. The summed E-state index contributed by atoms with van der Waals surface area (Å²) >= 11 is 7.88. The Morgan fingerprint density at radius 3 is 3.00 bits per heavy atom. The summed E-state index contributed by atoms with van der Waals surface area (Å²) < 4.78 is 0. The van der Waals surface area contributed by atoms with Gasteiger partial charge in [0, 0.05) is 28.6 Å². The molecule has 2 heterocycles. The number of aliphatic hydroxyl groups is 1. The topological polar surface area (TPSA) is 33.1 Å². The van der Waals surface area contributed by atoms with Gasteiger partial charge in [0.15, 0.2) is 0 Å². The zero-order chi connectivity index (χ0) is 13.9. The number of thiophene rings is 1. The van der Waals surface area contributed by atoms with Crippen molar-refractivity contribution in [1.29, 1.82) is 0 Å². The highest BCUT2D eigenvalue weighted by atomic mass is 35.5. The third kappa shape index (κ3) is 3.05. The maximum absolute atomic E-state index is 10.4. The van der Waals surface area contributed by atoms with Crippen LogP contribution in [-0.2, 0) is 19.3 Å². The first-order valence-corrected chi connectivity index (χ1v) is 8.31. The second-order valence-electron chi connectivity index (χ2n) is 5.34. The summed E-state index contributed by atoms with van der Waals surface area (Å²) in [5.41, 5.74) is 2.40. The first kappa shape index (κ1) is 14.1. The molecule has 0 fully saturated rings. The summed E-state index contributed by atoms with van der Waals surface area (Å²) in [5.74, 6) is 0. The molecule has 2 nitrogen and oxygen atoms in total. The Balaban J connectivity index is 1.77. The van der Waals surface area contributed by atoms with E-state index in [0.717, 1.165) is 16.9 Å². The second kappa shape index (κ2) is 6.25. The summed E-state index contributed by atoms with van der Waals surface area (Å²) in [6.07, 6.45) is 9.65. The number of rotatable bonds is 3. The van der Waals surface area contributed by atoms with Gasteiger partial charge in [-0.3, -0.25) is 4.98 Å². The van der Waals surface area contributed by atoms with E-state index in [1.165, 1.54) is 36.1 Å². The second-order valence-corrected chi connectivity index (χ2v) is 6.92. The van der Waals surface area contributed by atoms with Crippen LogP contribution in [0.2, 0.25) is 5.02 Å². The number of aromatic nitrogens is 1. The third-order valence-electron chi connectivity index (χ3n) is 3.86. The zero-order valence-corrected chi connectivity index (χ0v) is 12.9. The highest BCUT2D eigenvalue weighted by molar-refractivity contribution is 7.12. The Bertz CT molecular complexity index is 572. The lowest BCUT2D eigenvalue weighted by Crippen LogP contribution is -2.00. The number of pyridine rings is 1. The van der Waals surface area contributed by atoms with Gasteiger partial charge in [-0.05, 0) is 48.9 Å². The Labute approximate surface area is 128 Å². The van der Waals surface area contributed by atoms with Crippen LogP contribution in [0.1, 0.15) is 46.2 Å². The number of hydrogen-bond donors (Lipinski definition) is 1. The van der Waals surface area contributed by atoms with Crippen LogP contribution in [0.3, 0.4) is 0 Å². The molecule has 1 unspecified atom stereocenters. The van der Waals surface area contributed by atoms with Gasteiger partial charge in [-0.2, -0.15) is 0 Å². The fourth-order valence-corrected chi connectivity index (χ4v) is 4.17. The normalized spacial score (nSPS) is 16.5. The minimum Gasteiger partial charge on any atom is -0.387 e. The van der Waals surface area contributed by atoms with E-state index < -0.39 is 6.10 Å². The van der Waals surface area contributed by atoms with E-state index in [2.05, 4.69) is 11.1 Å². The maximum atomic E-state index is 10.4. The molecular weight excluding hydrogens is 290 g/mol. The van der Waals surface area contributed by atoms with E-state index in [4.69, 9.17) is 11.6 Å². The molecule has 1 atom stereocenters. The molecule has 0 bridgehead atoms. The summed E-state index contributed by atoms with van der Waals surface area (Å²) in [7, 11) is 0. The van der Waals surface area contributed by atoms with Crippen LogP contribution in [0.25, 0.3) is 0 Å². The molecule has 2 aromatic heterocycles. The molecule has 0 radical (unpaired) electrons. The first-order valence-electron chi connectivity index (χ1n) is 7.12.